The van der Waals surface area contributed by atoms with Gasteiger partial charge in [0.25, 0.3) is 0 Å². The Kier molecular flexibility index (Phi) is 4.36. The van der Waals surface area contributed by atoms with Crippen LogP contribution in [0.4, 0.5) is 5.69 Å². The van der Waals surface area contributed by atoms with Crippen LogP contribution in [0, 0.1) is 6.92 Å². The van der Waals surface area contributed by atoms with Gasteiger partial charge in [-0.3, -0.25) is 4.79 Å². The highest BCUT2D eigenvalue weighted by Gasteiger charge is 2.33. The maximum absolute atomic E-state index is 12.6. The highest BCUT2D eigenvalue weighted by atomic mass is 32.2. The fourth-order valence-corrected chi connectivity index (χ4v) is 5.30. The standard InChI is InChI=1S/C17H24N2O3S/c1-13-5-6-16-14(10-13)4-3-8-19(16)11-17(20)18(2)15-7-9-23(21,22)12-15/h5-6,10,15H,3-4,7-9,11-12H2,1-2H3. The predicted octanol–water partition coefficient (Wildman–Crippen LogP) is 1.39. The van der Waals surface area contributed by atoms with Crippen LogP contribution in [-0.4, -0.2) is 56.9 Å². The summed E-state index contributed by atoms with van der Waals surface area (Å²) in [6.07, 6.45) is 2.66. The van der Waals surface area contributed by atoms with E-state index in [0.29, 0.717) is 13.0 Å². The number of hydrogen-bond acceptors (Lipinski definition) is 4. The summed E-state index contributed by atoms with van der Waals surface area (Å²) in [4.78, 5) is 16.3. The zero-order valence-electron chi connectivity index (χ0n) is 13.8. The summed E-state index contributed by atoms with van der Waals surface area (Å²) in [5.41, 5.74) is 3.68. The Morgan fingerprint density at radius 2 is 2.17 bits per heavy atom. The van der Waals surface area contributed by atoms with Gasteiger partial charge in [-0.1, -0.05) is 17.7 Å². The van der Waals surface area contributed by atoms with Crippen LogP contribution in [0.1, 0.15) is 24.0 Å². The lowest BCUT2D eigenvalue weighted by molar-refractivity contribution is -0.130. The topological polar surface area (TPSA) is 57.7 Å². The van der Waals surface area contributed by atoms with E-state index in [-0.39, 0.29) is 23.5 Å². The van der Waals surface area contributed by atoms with Gasteiger partial charge in [0.05, 0.1) is 18.1 Å². The first kappa shape index (κ1) is 16.3. The molecule has 1 atom stereocenters. The molecule has 23 heavy (non-hydrogen) atoms. The summed E-state index contributed by atoms with van der Waals surface area (Å²) in [7, 11) is -1.24. The number of benzene rings is 1. The molecule has 6 heteroatoms. The molecule has 0 spiro atoms. The molecule has 126 valence electrons. The Morgan fingerprint density at radius 1 is 1.39 bits per heavy atom. The van der Waals surface area contributed by atoms with E-state index in [9.17, 15) is 13.2 Å². The summed E-state index contributed by atoms with van der Waals surface area (Å²) in [5, 5.41) is 0. The summed E-state index contributed by atoms with van der Waals surface area (Å²) < 4.78 is 23.2. The van der Waals surface area contributed by atoms with Gasteiger partial charge in [0.2, 0.25) is 5.91 Å². The molecule has 0 saturated carbocycles. The van der Waals surface area contributed by atoms with Gasteiger partial charge in [0, 0.05) is 25.3 Å². The molecule has 0 aliphatic carbocycles. The molecule has 2 aliphatic heterocycles. The van der Waals surface area contributed by atoms with Crippen LogP contribution in [0.25, 0.3) is 0 Å². The van der Waals surface area contributed by atoms with Crippen LogP contribution >= 0.6 is 0 Å². The van der Waals surface area contributed by atoms with Crippen LogP contribution in [0.2, 0.25) is 0 Å². The van der Waals surface area contributed by atoms with Crippen molar-refractivity contribution in [1.82, 2.24) is 4.90 Å². The first-order valence-electron chi connectivity index (χ1n) is 8.16. The van der Waals surface area contributed by atoms with Crippen molar-refractivity contribution < 1.29 is 13.2 Å². The lowest BCUT2D eigenvalue weighted by Crippen LogP contribution is -2.45. The minimum absolute atomic E-state index is 0.000486. The number of likely N-dealkylation sites (N-methyl/N-ethyl adjacent to an activating group) is 1. The van der Waals surface area contributed by atoms with E-state index >= 15 is 0 Å². The summed E-state index contributed by atoms with van der Waals surface area (Å²) in [6.45, 7) is 3.28. The first-order valence-corrected chi connectivity index (χ1v) is 9.98. The molecule has 5 nitrogen and oxygen atoms in total. The molecular weight excluding hydrogens is 312 g/mol. The van der Waals surface area contributed by atoms with Crippen molar-refractivity contribution >= 4 is 21.4 Å². The zero-order valence-corrected chi connectivity index (χ0v) is 14.6. The maximum atomic E-state index is 12.6. The number of hydrogen-bond donors (Lipinski definition) is 0. The Balaban J connectivity index is 1.69. The van der Waals surface area contributed by atoms with E-state index in [0.717, 1.165) is 25.1 Å². The van der Waals surface area contributed by atoms with Crippen LogP contribution in [0.15, 0.2) is 18.2 Å². The van der Waals surface area contributed by atoms with E-state index in [1.165, 1.54) is 11.1 Å². The van der Waals surface area contributed by atoms with Gasteiger partial charge in [-0.05, 0) is 37.8 Å². The molecule has 1 amide bonds. The molecule has 2 aliphatic rings. The molecule has 1 fully saturated rings. The van der Waals surface area contributed by atoms with Crippen molar-refractivity contribution in [2.75, 3.05) is 36.5 Å². The molecule has 1 aromatic carbocycles. The number of fused-ring (bicyclic) bond motifs is 1. The van der Waals surface area contributed by atoms with Crippen LogP contribution < -0.4 is 4.90 Å². The number of nitrogens with zero attached hydrogens (tertiary/aromatic N) is 2. The third kappa shape index (κ3) is 3.52. The van der Waals surface area contributed by atoms with Crippen molar-refractivity contribution in [3.8, 4) is 0 Å². The average Bonchev–Trinajstić information content (AvgIpc) is 2.86. The fraction of sp³-hybridized carbons (Fsp3) is 0.588. The quantitative estimate of drug-likeness (QED) is 0.837. The third-order valence-electron chi connectivity index (χ3n) is 4.93. The molecule has 0 aromatic heterocycles. The SMILES string of the molecule is Cc1ccc2c(c1)CCCN2CC(=O)N(C)C1CCS(=O)(=O)C1. The number of sulfone groups is 1. The molecule has 0 radical (unpaired) electrons. The lowest BCUT2D eigenvalue weighted by Gasteiger charge is -2.33. The van der Waals surface area contributed by atoms with Gasteiger partial charge in [0.1, 0.15) is 0 Å². The molecule has 0 N–H and O–H groups in total. The van der Waals surface area contributed by atoms with Crippen molar-refractivity contribution in [2.45, 2.75) is 32.2 Å². The highest BCUT2D eigenvalue weighted by molar-refractivity contribution is 7.91. The van der Waals surface area contributed by atoms with E-state index in [1.54, 1.807) is 11.9 Å². The number of carbonyl (C=O) groups excluding carboxylic acids is 1. The van der Waals surface area contributed by atoms with Gasteiger partial charge in [-0.25, -0.2) is 8.42 Å². The summed E-state index contributed by atoms with van der Waals surface area (Å²) in [6, 6.07) is 6.19. The molecule has 2 heterocycles. The lowest BCUT2D eigenvalue weighted by atomic mass is 9.99. The molecule has 3 rings (SSSR count). The maximum Gasteiger partial charge on any atom is 0.242 e. The van der Waals surface area contributed by atoms with E-state index < -0.39 is 9.84 Å². The summed E-state index contributed by atoms with van der Waals surface area (Å²) >= 11 is 0. The number of carbonyl (C=O) groups is 1. The van der Waals surface area contributed by atoms with Crippen LogP contribution in [0.3, 0.4) is 0 Å². The van der Waals surface area contributed by atoms with E-state index in [2.05, 4.69) is 30.0 Å². The van der Waals surface area contributed by atoms with Crippen molar-refractivity contribution in [3.63, 3.8) is 0 Å². The van der Waals surface area contributed by atoms with Gasteiger partial charge in [-0.2, -0.15) is 0 Å². The van der Waals surface area contributed by atoms with E-state index in [4.69, 9.17) is 0 Å². The minimum Gasteiger partial charge on any atom is -0.362 e. The van der Waals surface area contributed by atoms with Crippen molar-refractivity contribution in [1.29, 1.82) is 0 Å². The number of anilines is 1. The van der Waals surface area contributed by atoms with Gasteiger partial charge in [0.15, 0.2) is 9.84 Å². The van der Waals surface area contributed by atoms with Gasteiger partial charge in [-0.15, -0.1) is 0 Å². The Bertz CT molecular complexity index is 715. The number of aryl methyl sites for hydroxylation is 2. The average molecular weight is 336 g/mol. The molecule has 1 aromatic rings. The largest absolute Gasteiger partial charge is 0.362 e. The fourth-order valence-electron chi connectivity index (χ4n) is 3.53. The molecule has 1 unspecified atom stereocenters. The van der Waals surface area contributed by atoms with Gasteiger partial charge < -0.3 is 9.80 Å². The molecule has 1 saturated heterocycles. The Morgan fingerprint density at radius 3 is 2.87 bits per heavy atom. The predicted molar refractivity (Wildman–Crippen MR) is 91.5 cm³/mol. The smallest absolute Gasteiger partial charge is 0.242 e. The highest BCUT2D eigenvalue weighted by Crippen LogP contribution is 2.28. The summed E-state index contributed by atoms with van der Waals surface area (Å²) in [5.74, 6) is 0.298. The first-order chi connectivity index (χ1) is 10.9. The third-order valence-corrected chi connectivity index (χ3v) is 6.68. The second kappa shape index (κ2) is 6.15. The molecule has 0 bridgehead atoms. The van der Waals surface area contributed by atoms with Crippen molar-refractivity contribution in [3.05, 3.63) is 29.3 Å². The van der Waals surface area contributed by atoms with Crippen LogP contribution in [-0.2, 0) is 21.1 Å². The second-order valence-corrected chi connectivity index (χ2v) is 8.95. The minimum atomic E-state index is -2.97. The van der Waals surface area contributed by atoms with E-state index in [1.807, 2.05) is 0 Å². The molecular formula is C17H24N2O3S. The van der Waals surface area contributed by atoms with Crippen LogP contribution in [0.5, 0.6) is 0 Å². The normalized spacial score (nSPS) is 22.7. The Hall–Kier alpha value is -1.56. The Labute approximate surface area is 138 Å². The number of rotatable bonds is 3. The monoisotopic (exact) mass is 336 g/mol. The van der Waals surface area contributed by atoms with Gasteiger partial charge >= 0.3 is 0 Å². The van der Waals surface area contributed by atoms with Crippen molar-refractivity contribution in [2.24, 2.45) is 0 Å². The second-order valence-electron chi connectivity index (χ2n) is 6.72. The number of amides is 1. The zero-order chi connectivity index (χ0) is 16.6.